The van der Waals surface area contributed by atoms with Gasteiger partial charge >= 0.3 is 0 Å². The van der Waals surface area contributed by atoms with Crippen LogP contribution < -0.4 is 5.32 Å². The van der Waals surface area contributed by atoms with E-state index < -0.39 is 10.0 Å². The number of carbonyl (C=O) groups is 1. The molecule has 1 N–H and O–H groups in total. The molecule has 1 saturated heterocycles. The number of nitrogens with zero attached hydrogens (tertiary/aromatic N) is 1. The number of piperidine rings is 1. The van der Waals surface area contributed by atoms with Crippen molar-refractivity contribution in [1.29, 1.82) is 0 Å². The van der Waals surface area contributed by atoms with Crippen molar-refractivity contribution in [3.05, 3.63) is 58.1 Å². The summed E-state index contributed by atoms with van der Waals surface area (Å²) in [4.78, 5) is 13.0. The Hall–Kier alpha value is -1.89. The lowest BCUT2D eigenvalue weighted by Gasteiger charge is -2.31. The second-order valence-corrected chi connectivity index (χ2v) is 9.71. The first kappa shape index (κ1) is 20.8. The topological polar surface area (TPSA) is 66.5 Å². The average Bonchev–Trinajstić information content (AvgIpc) is 2.67. The van der Waals surface area contributed by atoms with Gasteiger partial charge in [0.25, 0.3) is 0 Å². The molecule has 0 spiro atoms. The SMILES string of the molecule is Cc1ccc(S(=O)(=O)N2CCC[C@H](C(=O)Nc3c(C)cccc3C)C2)cc1Cl. The van der Waals surface area contributed by atoms with Gasteiger partial charge in [0.1, 0.15) is 0 Å². The highest BCUT2D eigenvalue weighted by Crippen LogP contribution is 2.28. The van der Waals surface area contributed by atoms with Gasteiger partial charge in [-0.25, -0.2) is 8.42 Å². The summed E-state index contributed by atoms with van der Waals surface area (Å²) in [6.45, 7) is 6.29. The van der Waals surface area contributed by atoms with Crippen LogP contribution in [-0.2, 0) is 14.8 Å². The highest BCUT2D eigenvalue weighted by molar-refractivity contribution is 7.89. The molecule has 0 bridgehead atoms. The molecule has 3 rings (SSSR count). The van der Waals surface area contributed by atoms with Crippen molar-refractivity contribution in [2.24, 2.45) is 5.92 Å². The third kappa shape index (κ3) is 4.24. The Morgan fingerprint density at radius 3 is 2.43 bits per heavy atom. The van der Waals surface area contributed by atoms with E-state index in [4.69, 9.17) is 11.6 Å². The lowest BCUT2D eigenvalue weighted by molar-refractivity contribution is -0.120. The van der Waals surface area contributed by atoms with Crippen LogP contribution in [0.3, 0.4) is 0 Å². The zero-order valence-electron chi connectivity index (χ0n) is 16.3. The molecule has 0 unspecified atom stereocenters. The quantitative estimate of drug-likeness (QED) is 0.801. The van der Waals surface area contributed by atoms with Crippen molar-refractivity contribution >= 4 is 33.2 Å². The summed E-state index contributed by atoms with van der Waals surface area (Å²) in [5.41, 5.74) is 3.61. The first-order valence-electron chi connectivity index (χ1n) is 9.33. The van der Waals surface area contributed by atoms with E-state index in [1.165, 1.54) is 10.4 Å². The minimum atomic E-state index is -3.69. The number of hydrogen-bond acceptors (Lipinski definition) is 3. The van der Waals surface area contributed by atoms with Crippen LogP contribution in [0.1, 0.15) is 29.5 Å². The molecule has 0 saturated carbocycles. The molecule has 1 atom stereocenters. The van der Waals surface area contributed by atoms with Gasteiger partial charge in [-0.3, -0.25) is 4.79 Å². The van der Waals surface area contributed by atoms with E-state index in [9.17, 15) is 13.2 Å². The van der Waals surface area contributed by atoms with Gasteiger partial charge < -0.3 is 5.32 Å². The van der Waals surface area contributed by atoms with Crippen LogP contribution >= 0.6 is 11.6 Å². The number of carbonyl (C=O) groups excluding carboxylic acids is 1. The minimum Gasteiger partial charge on any atom is -0.325 e. The zero-order chi connectivity index (χ0) is 20.5. The van der Waals surface area contributed by atoms with Crippen molar-refractivity contribution in [2.75, 3.05) is 18.4 Å². The van der Waals surface area contributed by atoms with Gasteiger partial charge in [0.05, 0.1) is 10.8 Å². The van der Waals surface area contributed by atoms with E-state index in [1.807, 2.05) is 39.0 Å². The Labute approximate surface area is 171 Å². The van der Waals surface area contributed by atoms with Crippen LogP contribution in [0, 0.1) is 26.7 Å². The second-order valence-electron chi connectivity index (χ2n) is 7.37. The van der Waals surface area contributed by atoms with E-state index in [2.05, 4.69) is 5.32 Å². The molecule has 1 amide bonds. The molecule has 1 heterocycles. The second kappa shape index (κ2) is 8.23. The monoisotopic (exact) mass is 420 g/mol. The van der Waals surface area contributed by atoms with E-state index >= 15 is 0 Å². The zero-order valence-corrected chi connectivity index (χ0v) is 17.9. The van der Waals surface area contributed by atoms with Crippen molar-refractivity contribution in [2.45, 2.75) is 38.5 Å². The molecule has 7 heteroatoms. The summed E-state index contributed by atoms with van der Waals surface area (Å²) in [5, 5.41) is 3.41. The van der Waals surface area contributed by atoms with Gasteiger partial charge in [0, 0.05) is 23.8 Å². The van der Waals surface area contributed by atoms with Gasteiger partial charge in [-0.2, -0.15) is 4.31 Å². The first-order valence-corrected chi connectivity index (χ1v) is 11.2. The number of aryl methyl sites for hydroxylation is 3. The third-order valence-electron chi connectivity index (χ3n) is 5.27. The number of anilines is 1. The number of amides is 1. The number of halogens is 1. The summed E-state index contributed by atoms with van der Waals surface area (Å²) in [5.74, 6) is -0.525. The largest absolute Gasteiger partial charge is 0.325 e. The Morgan fingerprint density at radius 2 is 1.79 bits per heavy atom. The number of rotatable bonds is 4. The summed E-state index contributed by atoms with van der Waals surface area (Å²) in [7, 11) is -3.69. The predicted molar refractivity (Wildman–Crippen MR) is 112 cm³/mol. The molecule has 0 aliphatic carbocycles. The third-order valence-corrected chi connectivity index (χ3v) is 7.53. The molecule has 2 aromatic rings. The normalized spacial score (nSPS) is 18.1. The van der Waals surface area contributed by atoms with Crippen LogP contribution in [0.25, 0.3) is 0 Å². The molecule has 2 aromatic carbocycles. The van der Waals surface area contributed by atoms with E-state index in [-0.39, 0.29) is 23.3 Å². The molecule has 150 valence electrons. The molecule has 5 nitrogen and oxygen atoms in total. The Balaban J connectivity index is 1.78. The first-order chi connectivity index (χ1) is 13.2. The standard InChI is InChI=1S/C21H25ClN2O3S/c1-14-9-10-18(12-19(14)22)28(26,27)24-11-5-8-17(13-24)21(25)23-20-15(2)6-4-7-16(20)3/h4,6-7,9-10,12,17H,5,8,11,13H2,1-3H3,(H,23,25)/t17-/m0/s1. The van der Waals surface area contributed by atoms with Gasteiger partial charge in [-0.05, 0) is 62.4 Å². The van der Waals surface area contributed by atoms with Crippen LogP contribution in [0.15, 0.2) is 41.3 Å². The van der Waals surface area contributed by atoms with Crippen molar-refractivity contribution in [3.63, 3.8) is 0 Å². The van der Waals surface area contributed by atoms with E-state index in [0.29, 0.717) is 24.4 Å². The fourth-order valence-electron chi connectivity index (χ4n) is 3.49. The number of para-hydroxylation sites is 1. The van der Waals surface area contributed by atoms with Crippen molar-refractivity contribution < 1.29 is 13.2 Å². The number of hydrogen-bond donors (Lipinski definition) is 1. The maximum Gasteiger partial charge on any atom is 0.243 e. The highest BCUT2D eigenvalue weighted by Gasteiger charge is 2.33. The van der Waals surface area contributed by atoms with Gasteiger partial charge in [0.2, 0.25) is 15.9 Å². The molecular weight excluding hydrogens is 396 g/mol. The van der Waals surface area contributed by atoms with E-state index in [1.54, 1.807) is 12.1 Å². The van der Waals surface area contributed by atoms with Crippen LogP contribution in [0.5, 0.6) is 0 Å². The molecular formula is C21H25ClN2O3S. The summed E-state index contributed by atoms with van der Waals surface area (Å²) in [6.07, 6.45) is 1.31. The predicted octanol–water partition coefficient (Wildman–Crippen LogP) is 4.30. The van der Waals surface area contributed by atoms with Crippen LogP contribution in [-0.4, -0.2) is 31.7 Å². The highest BCUT2D eigenvalue weighted by atomic mass is 35.5. The summed E-state index contributed by atoms with van der Waals surface area (Å²) < 4.78 is 27.4. The summed E-state index contributed by atoms with van der Waals surface area (Å²) >= 11 is 6.11. The lowest BCUT2D eigenvalue weighted by Crippen LogP contribution is -2.43. The van der Waals surface area contributed by atoms with Crippen LogP contribution in [0.4, 0.5) is 5.69 Å². The molecule has 28 heavy (non-hydrogen) atoms. The Bertz CT molecular complexity index is 984. The Kier molecular flexibility index (Phi) is 6.12. The average molecular weight is 421 g/mol. The number of nitrogens with one attached hydrogen (secondary N) is 1. The maximum absolute atomic E-state index is 13.0. The smallest absolute Gasteiger partial charge is 0.243 e. The fourth-order valence-corrected chi connectivity index (χ4v) is 5.29. The van der Waals surface area contributed by atoms with Crippen LogP contribution in [0.2, 0.25) is 5.02 Å². The Morgan fingerprint density at radius 1 is 1.11 bits per heavy atom. The maximum atomic E-state index is 13.0. The van der Waals surface area contributed by atoms with Crippen molar-refractivity contribution in [3.8, 4) is 0 Å². The van der Waals surface area contributed by atoms with Gasteiger partial charge in [-0.1, -0.05) is 35.9 Å². The fraction of sp³-hybridized carbons (Fsp3) is 0.381. The lowest BCUT2D eigenvalue weighted by atomic mass is 9.98. The van der Waals surface area contributed by atoms with Crippen molar-refractivity contribution in [1.82, 2.24) is 4.31 Å². The molecule has 1 aliphatic rings. The van der Waals surface area contributed by atoms with Gasteiger partial charge in [-0.15, -0.1) is 0 Å². The number of benzene rings is 2. The van der Waals surface area contributed by atoms with E-state index in [0.717, 1.165) is 22.4 Å². The minimum absolute atomic E-state index is 0.140. The molecule has 1 fully saturated rings. The molecule has 1 aliphatic heterocycles. The van der Waals surface area contributed by atoms with Gasteiger partial charge in [0.15, 0.2) is 0 Å². The molecule has 0 radical (unpaired) electrons. The number of sulfonamides is 1. The summed E-state index contributed by atoms with van der Waals surface area (Å²) in [6, 6.07) is 10.6. The molecule has 0 aromatic heterocycles.